The number of hydrogen-bond donors (Lipinski definition) is 0. The summed E-state index contributed by atoms with van der Waals surface area (Å²) in [5, 5.41) is 7.00. The van der Waals surface area contributed by atoms with Crippen molar-refractivity contribution in [2.45, 2.75) is 5.41 Å². The van der Waals surface area contributed by atoms with Crippen molar-refractivity contribution in [1.29, 1.82) is 0 Å². The SMILES string of the molecule is c1ccc(C2(c3ccccc3)c3ccccc3-c3ccc(N(c4ccc(-c5ccccc5-n5c6ccccc6c6ccccc65)cc4)c4ccccc4-c4ccc5oc6c7ccccc7ccc6c5c4)cc32)cc1. The second-order valence-electron chi connectivity index (χ2n) is 19.5. The van der Waals surface area contributed by atoms with Crippen LogP contribution >= 0.6 is 0 Å². The van der Waals surface area contributed by atoms with Gasteiger partial charge in [0, 0.05) is 49.4 Å². The Morgan fingerprint density at radius 2 is 0.905 bits per heavy atom. The van der Waals surface area contributed by atoms with Gasteiger partial charge in [0.15, 0.2) is 0 Å². The minimum Gasteiger partial charge on any atom is -0.455 e. The predicted molar refractivity (Wildman–Crippen MR) is 308 cm³/mol. The van der Waals surface area contributed by atoms with Crippen LogP contribution < -0.4 is 4.90 Å². The second-order valence-corrected chi connectivity index (χ2v) is 19.5. The van der Waals surface area contributed by atoms with E-state index in [0.717, 1.165) is 72.3 Å². The highest BCUT2D eigenvalue weighted by molar-refractivity contribution is 6.16. The van der Waals surface area contributed by atoms with Crippen molar-refractivity contribution in [1.82, 2.24) is 4.57 Å². The van der Waals surface area contributed by atoms with Crippen LogP contribution in [0.5, 0.6) is 0 Å². The summed E-state index contributed by atoms with van der Waals surface area (Å²) in [7, 11) is 0. The fraction of sp³-hybridized carbons (Fsp3) is 0.0141. The van der Waals surface area contributed by atoms with Crippen molar-refractivity contribution >= 4 is 71.6 Å². The lowest BCUT2D eigenvalue weighted by Gasteiger charge is -2.35. The molecule has 0 atom stereocenters. The van der Waals surface area contributed by atoms with E-state index in [2.05, 4.69) is 289 Å². The summed E-state index contributed by atoms with van der Waals surface area (Å²) < 4.78 is 9.07. The van der Waals surface area contributed by atoms with Crippen LogP contribution in [-0.4, -0.2) is 4.57 Å². The molecule has 0 saturated carbocycles. The zero-order valence-electron chi connectivity index (χ0n) is 40.4. The molecule has 15 rings (SSSR count). The summed E-state index contributed by atoms with van der Waals surface area (Å²) in [6.45, 7) is 0. The number of rotatable bonds is 8. The van der Waals surface area contributed by atoms with Gasteiger partial charge in [0.1, 0.15) is 11.2 Å². The van der Waals surface area contributed by atoms with Crippen LogP contribution in [0.2, 0.25) is 0 Å². The summed E-state index contributed by atoms with van der Waals surface area (Å²) in [5.41, 5.74) is 20.0. The molecule has 3 nitrogen and oxygen atoms in total. The number of furan rings is 1. The van der Waals surface area contributed by atoms with Crippen LogP contribution in [0.3, 0.4) is 0 Å². The van der Waals surface area contributed by atoms with E-state index < -0.39 is 5.41 Å². The maximum Gasteiger partial charge on any atom is 0.143 e. The Labute approximate surface area is 429 Å². The second kappa shape index (κ2) is 16.7. The molecule has 0 bridgehead atoms. The smallest absolute Gasteiger partial charge is 0.143 e. The van der Waals surface area contributed by atoms with Crippen LogP contribution in [0, 0.1) is 0 Å². The third-order valence-corrected chi connectivity index (χ3v) is 15.7. The fourth-order valence-electron chi connectivity index (χ4n) is 12.5. The van der Waals surface area contributed by atoms with Gasteiger partial charge in [-0.2, -0.15) is 0 Å². The number of benzene rings is 12. The first-order valence-electron chi connectivity index (χ1n) is 25.5. The molecule has 0 saturated heterocycles. The molecule has 74 heavy (non-hydrogen) atoms. The molecule has 1 aliphatic rings. The molecular weight excluding hydrogens is 897 g/mol. The zero-order chi connectivity index (χ0) is 48.7. The minimum atomic E-state index is -0.562. The van der Waals surface area contributed by atoms with E-state index in [9.17, 15) is 0 Å². The molecule has 0 aliphatic heterocycles. The lowest BCUT2D eigenvalue weighted by Crippen LogP contribution is -2.28. The summed E-state index contributed by atoms with van der Waals surface area (Å²) >= 11 is 0. The Kier molecular flexibility index (Phi) is 9.48. The maximum absolute atomic E-state index is 6.64. The molecule has 2 heterocycles. The Morgan fingerprint density at radius 1 is 0.338 bits per heavy atom. The van der Waals surface area contributed by atoms with Crippen molar-refractivity contribution in [3.05, 3.63) is 301 Å². The van der Waals surface area contributed by atoms with Crippen LogP contribution in [0.1, 0.15) is 22.3 Å². The van der Waals surface area contributed by atoms with Crippen LogP contribution in [-0.2, 0) is 5.41 Å². The average Bonchev–Trinajstić information content (AvgIpc) is 4.15. The summed E-state index contributed by atoms with van der Waals surface area (Å²) in [5.74, 6) is 0. The van der Waals surface area contributed by atoms with Crippen LogP contribution in [0.15, 0.2) is 283 Å². The topological polar surface area (TPSA) is 21.3 Å². The molecule has 0 spiro atoms. The average molecular weight is 943 g/mol. The van der Waals surface area contributed by atoms with Gasteiger partial charge in [0.2, 0.25) is 0 Å². The Hall–Kier alpha value is -9.70. The Bertz CT molecular complexity index is 4390. The fourth-order valence-corrected chi connectivity index (χ4v) is 12.5. The summed E-state index contributed by atoms with van der Waals surface area (Å²) in [4.78, 5) is 2.47. The van der Waals surface area contributed by atoms with E-state index in [0.29, 0.717) is 0 Å². The van der Waals surface area contributed by atoms with E-state index in [1.165, 1.54) is 60.6 Å². The number of nitrogens with zero attached hydrogens (tertiary/aromatic N) is 2. The van der Waals surface area contributed by atoms with Gasteiger partial charge in [-0.05, 0) is 117 Å². The number of hydrogen-bond acceptors (Lipinski definition) is 2. The highest BCUT2D eigenvalue weighted by Crippen LogP contribution is 2.57. The number of anilines is 3. The first-order chi connectivity index (χ1) is 36.7. The van der Waals surface area contributed by atoms with E-state index in [1.54, 1.807) is 0 Å². The molecule has 2 aromatic heterocycles. The zero-order valence-corrected chi connectivity index (χ0v) is 40.4. The lowest BCUT2D eigenvalue weighted by atomic mass is 9.67. The molecule has 12 aromatic carbocycles. The van der Waals surface area contributed by atoms with Gasteiger partial charge in [0.05, 0.1) is 27.8 Å². The molecule has 0 unspecified atom stereocenters. The van der Waals surface area contributed by atoms with E-state index in [1.807, 2.05) is 0 Å². The molecule has 0 N–H and O–H groups in total. The quantitative estimate of drug-likeness (QED) is 0.151. The predicted octanol–water partition coefficient (Wildman–Crippen LogP) is 19.0. The first kappa shape index (κ1) is 42.0. The maximum atomic E-state index is 6.64. The Morgan fingerprint density at radius 3 is 1.65 bits per heavy atom. The molecule has 0 radical (unpaired) electrons. The third kappa shape index (κ3) is 6.27. The largest absolute Gasteiger partial charge is 0.455 e. The van der Waals surface area contributed by atoms with Crippen molar-refractivity contribution < 1.29 is 4.42 Å². The number of fused-ring (bicyclic) bond motifs is 11. The standard InChI is InChI=1S/C71H46N2O/c1-3-20-50(21-4-1)71(51-22-5-2-6-23-51)63-30-14-9-27-57(63)58-43-41-53(46-64(58)71)72(65-31-15-11-25-55(65)49-38-44-69-62(45-49)61-42-37-47-19-7-8-26-56(47)70(61)74-69)52-39-35-48(36-40-52)54-24-10-16-32-66(54)73-67-33-17-12-28-59(67)60-29-13-18-34-68(60)73/h1-46H. The first-order valence-corrected chi connectivity index (χ1v) is 25.5. The van der Waals surface area contributed by atoms with E-state index >= 15 is 0 Å². The van der Waals surface area contributed by atoms with Gasteiger partial charge in [-0.25, -0.2) is 0 Å². The van der Waals surface area contributed by atoms with Gasteiger partial charge >= 0.3 is 0 Å². The van der Waals surface area contributed by atoms with E-state index in [-0.39, 0.29) is 0 Å². The van der Waals surface area contributed by atoms with Crippen molar-refractivity contribution in [3.8, 4) is 39.1 Å². The van der Waals surface area contributed by atoms with E-state index in [4.69, 9.17) is 4.42 Å². The molecular formula is C71H46N2O. The van der Waals surface area contributed by atoms with Crippen molar-refractivity contribution in [3.63, 3.8) is 0 Å². The lowest BCUT2D eigenvalue weighted by molar-refractivity contribution is 0.672. The monoisotopic (exact) mass is 942 g/mol. The normalized spacial score (nSPS) is 12.7. The minimum absolute atomic E-state index is 0.562. The Balaban J connectivity index is 0.944. The third-order valence-electron chi connectivity index (χ3n) is 15.7. The van der Waals surface area contributed by atoms with Crippen LogP contribution in [0.25, 0.3) is 93.6 Å². The molecule has 1 aliphatic carbocycles. The van der Waals surface area contributed by atoms with Crippen LogP contribution in [0.4, 0.5) is 17.1 Å². The van der Waals surface area contributed by atoms with Gasteiger partial charge in [-0.3, -0.25) is 0 Å². The summed E-state index contributed by atoms with van der Waals surface area (Å²) in [6, 6.07) is 102. The molecule has 3 heteroatoms. The molecule has 0 amide bonds. The van der Waals surface area contributed by atoms with Gasteiger partial charge in [0.25, 0.3) is 0 Å². The van der Waals surface area contributed by atoms with Crippen molar-refractivity contribution in [2.24, 2.45) is 0 Å². The number of para-hydroxylation sites is 4. The highest BCUT2D eigenvalue weighted by atomic mass is 16.3. The number of aromatic nitrogens is 1. The van der Waals surface area contributed by atoms with Gasteiger partial charge in [-0.1, -0.05) is 212 Å². The van der Waals surface area contributed by atoms with Gasteiger partial charge in [-0.15, -0.1) is 0 Å². The van der Waals surface area contributed by atoms with Gasteiger partial charge < -0.3 is 13.9 Å². The molecule has 14 aromatic rings. The summed E-state index contributed by atoms with van der Waals surface area (Å²) in [6.07, 6.45) is 0. The molecule has 346 valence electrons. The highest BCUT2D eigenvalue weighted by Gasteiger charge is 2.46. The van der Waals surface area contributed by atoms with Crippen molar-refractivity contribution in [2.75, 3.05) is 4.90 Å². The molecule has 0 fully saturated rings.